The van der Waals surface area contributed by atoms with E-state index in [0.717, 1.165) is 11.3 Å². The molecule has 0 aliphatic carbocycles. The molecular formula is C19H23NO3. The standard InChI is InChI=1S/C19H23NO3/c1-14-4-7-17(8-5-14)23-13-19(21)20-10-11-22-18-9-6-15(2)16(3)12-18/h4-9,12H,10-11,13H2,1-3H3,(H,20,21). The fourth-order valence-corrected chi connectivity index (χ4v) is 2.00. The largest absolute Gasteiger partial charge is 0.492 e. The number of carbonyl (C=O) groups excluding carboxylic acids is 1. The van der Waals surface area contributed by atoms with Crippen molar-refractivity contribution in [2.24, 2.45) is 0 Å². The third-order valence-corrected chi connectivity index (χ3v) is 3.56. The van der Waals surface area contributed by atoms with Crippen LogP contribution in [-0.2, 0) is 4.79 Å². The number of amides is 1. The van der Waals surface area contributed by atoms with E-state index in [-0.39, 0.29) is 12.5 Å². The molecule has 0 aliphatic heterocycles. The van der Waals surface area contributed by atoms with Crippen molar-refractivity contribution in [3.63, 3.8) is 0 Å². The summed E-state index contributed by atoms with van der Waals surface area (Å²) < 4.78 is 11.0. The topological polar surface area (TPSA) is 47.6 Å². The maximum atomic E-state index is 11.7. The molecule has 2 aromatic rings. The second-order valence-corrected chi connectivity index (χ2v) is 5.55. The molecule has 0 atom stereocenters. The molecule has 0 unspecified atom stereocenters. The average Bonchev–Trinajstić information content (AvgIpc) is 2.54. The minimum absolute atomic E-state index is 0.00665. The van der Waals surface area contributed by atoms with Gasteiger partial charge in [0.1, 0.15) is 18.1 Å². The van der Waals surface area contributed by atoms with Crippen LogP contribution in [0.4, 0.5) is 0 Å². The molecule has 0 bridgehead atoms. The van der Waals surface area contributed by atoms with Gasteiger partial charge in [0.25, 0.3) is 5.91 Å². The summed E-state index contributed by atoms with van der Waals surface area (Å²) in [6.45, 7) is 7.00. The van der Waals surface area contributed by atoms with Crippen LogP contribution in [0.5, 0.6) is 11.5 Å². The van der Waals surface area contributed by atoms with Crippen molar-refractivity contribution in [1.82, 2.24) is 5.32 Å². The van der Waals surface area contributed by atoms with Crippen molar-refractivity contribution in [2.45, 2.75) is 20.8 Å². The Morgan fingerprint density at radius 2 is 1.61 bits per heavy atom. The SMILES string of the molecule is Cc1ccc(OCC(=O)NCCOc2ccc(C)c(C)c2)cc1. The Kier molecular flexibility index (Phi) is 6.03. The molecule has 2 rings (SSSR count). The quantitative estimate of drug-likeness (QED) is 0.799. The van der Waals surface area contributed by atoms with Gasteiger partial charge in [-0.15, -0.1) is 0 Å². The third-order valence-electron chi connectivity index (χ3n) is 3.56. The Labute approximate surface area is 137 Å². The smallest absolute Gasteiger partial charge is 0.258 e. The highest BCUT2D eigenvalue weighted by Crippen LogP contribution is 2.16. The van der Waals surface area contributed by atoms with Crippen molar-refractivity contribution in [1.29, 1.82) is 0 Å². The Morgan fingerprint density at radius 1 is 0.913 bits per heavy atom. The lowest BCUT2D eigenvalue weighted by Crippen LogP contribution is -2.32. The molecule has 0 saturated heterocycles. The van der Waals surface area contributed by atoms with E-state index in [1.54, 1.807) is 0 Å². The van der Waals surface area contributed by atoms with Crippen molar-refractivity contribution < 1.29 is 14.3 Å². The number of nitrogens with one attached hydrogen (secondary N) is 1. The normalized spacial score (nSPS) is 10.2. The zero-order valence-corrected chi connectivity index (χ0v) is 13.9. The van der Waals surface area contributed by atoms with E-state index in [1.165, 1.54) is 11.1 Å². The van der Waals surface area contributed by atoms with Gasteiger partial charge in [0.2, 0.25) is 0 Å². The second-order valence-electron chi connectivity index (χ2n) is 5.55. The van der Waals surface area contributed by atoms with Gasteiger partial charge >= 0.3 is 0 Å². The van der Waals surface area contributed by atoms with Gasteiger partial charge in [-0.25, -0.2) is 0 Å². The van der Waals surface area contributed by atoms with E-state index in [2.05, 4.69) is 12.2 Å². The first kappa shape index (κ1) is 16.9. The van der Waals surface area contributed by atoms with E-state index >= 15 is 0 Å². The number of aryl methyl sites for hydroxylation is 3. The van der Waals surface area contributed by atoms with Crippen molar-refractivity contribution in [2.75, 3.05) is 19.8 Å². The van der Waals surface area contributed by atoms with Crippen LogP contribution < -0.4 is 14.8 Å². The van der Waals surface area contributed by atoms with Gasteiger partial charge in [0.15, 0.2) is 6.61 Å². The van der Waals surface area contributed by atoms with Gasteiger partial charge in [0, 0.05) is 0 Å². The Bertz CT molecular complexity index is 650. The first-order valence-electron chi connectivity index (χ1n) is 7.71. The molecule has 0 radical (unpaired) electrons. The molecule has 0 aromatic heterocycles. The van der Waals surface area contributed by atoms with Gasteiger partial charge < -0.3 is 14.8 Å². The highest BCUT2D eigenvalue weighted by molar-refractivity contribution is 5.77. The van der Waals surface area contributed by atoms with Gasteiger partial charge in [-0.3, -0.25) is 4.79 Å². The first-order chi connectivity index (χ1) is 11.0. The highest BCUT2D eigenvalue weighted by Gasteiger charge is 2.03. The minimum Gasteiger partial charge on any atom is -0.492 e. The Hall–Kier alpha value is -2.49. The number of benzene rings is 2. The summed E-state index contributed by atoms with van der Waals surface area (Å²) in [5.74, 6) is 1.35. The molecule has 0 aliphatic rings. The zero-order valence-electron chi connectivity index (χ0n) is 13.9. The van der Waals surface area contributed by atoms with Crippen LogP contribution in [0.15, 0.2) is 42.5 Å². The third kappa shape index (κ3) is 5.66. The molecule has 1 amide bonds. The second kappa shape index (κ2) is 8.22. The molecule has 1 N–H and O–H groups in total. The molecule has 0 spiro atoms. The van der Waals surface area contributed by atoms with Gasteiger partial charge in [0.05, 0.1) is 6.54 Å². The Balaban J connectivity index is 1.64. The first-order valence-corrected chi connectivity index (χ1v) is 7.71. The molecule has 122 valence electrons. The molecule has 23 heavy (non-hydrogen) atoms. The highest BCUT2D eigenvalue weighted by atomic mass is 16.5. The number of hydrogen-bond acceptors (Lipinski definition) is 3. The molecule has 0 fully saturated rings. The summed E-state index contributed by atoms with van der Waals surface area (Å²) in [5, 5.41) is 2.77. The number of carbonyl (C=O) groups is 1. The zero-order chi connectivity index (χ0) is 16.7. The number of ether oxygens (including phenoxy) is 2. The lowest BCUT2D eigenvalue weighted by molar-refractivity contribution is -0.123. The molecule has 0 heterocycles. The van der Waals surface area contributed by atoms with Crippen LogP contribution in [0.2, 0.25) is 0 Å². The maximum Gasteiger partial charge on any atom is 0.258 e. The predicted molar refractivity (Wildman–Crippen MR) is 91.1 cm³/mol. The van der Waals surface area contributed by atoms with Crippen LogP contribution in [0.25, 0.3) is 0 Å². The van der Waals surface area contributed by atoms with Crippen molar-refractivity contribution in [3.8, 4) is 11.5 Å². The lowest BCUT2D eigenvalue weighted by atomic mass is 10.1. The van der Waals surface area contributed by atoms with E-state index in [9.17, 15) is 4.79 Å². The monoisotopic (exact) mass is 313 g/mol. The van der Waals surface area contributed by atoms with E-state index in [4.69, 9.17) is 9.47 Å². The average molecular weight is 313 g/mol. The van der Waals surface area contributed by atoms with Crippen molar-refractivity contribution in [3.05, 3.63) is 59.2 Å². The fraction of sp³-hybridized carbons (Fsp3) is 0.316. The van der Waals surface area contributed by atoms with Gasteiger partial charge in [-0.1, -0.05) is 23.8 Å². The van der Waals surface area contributed by atoms with Crippen LogP contribution in [-0.4, -0.2) is 25.7 Å². The van der Waals surface area contributed by atoms with Crippen molar-refractivity contribution >= 4 is 5.91 Å². The number of rotatable bonds is 7. The summed E-state index contributed by atoms with van der Waals surface area (Å²) in [7, 11) is 0. The predicted octanol–water partition coefficient (Wildman–Crippen LogP) is 3.19. The molecule has 2 aromatic carbocycles. The Morgan fingerprint density at radius 3 is 2.30 bits per heavy atom. The van der Waals surface area contributed by atoms with Gasteiger partial charge in [-0.05, 0) is 56.2 Å². The minimum atomic E-state index is -0.158. The maximum absolute atomic E-state index is 11.7. The van der Waals surface area contributed by atoms with Crippen LogP contribution in [0, 0.1) is 20.8 Å². The van der Waals surface area contributed by atoms with E-state index in [0.29, 0.717) is 18.9 Å². The summed E-state index contributed by atoms with van der Waals surface area (Å²) in [6.07, 6.45) is 0. The molecule has 4 heteroatoms. The van der Waals surface area contributed by atoms with Gasteiger partial charge in [-0.2, -0.15) is 0 Å². The summed E-state index contributed by atoms with van der Waals surface area (Å²) in [6, 6.07) is 13.6. The summed E-state index contributed by atoms with van der Waals surface area (Å²) in [4.78, 5) is 11.7. The molecule has 0 saturated carbocycles. The van der Waals surface area contributed by atoms with Crippen LogP contribution in [0.1, 0.15) is 16.7 Å². The van der Waals surface area contributed by atoms with Crippen LogP contribution >= 0.6 is 0 Å². The molecular weight excluding hydrogens is 290 g/mol. The fourth-order valence-electron chi connectivity index (χ4n) is 2.00. The van der Waals surface area contributed by atoms with E-state index in [1.807, 2.05) is 56.3 Å². The summed E-state index contributed by atoms with van der Waals surface area (Å²) >= 11 is 0. The summed E-state index contributed by atoms with van der Waals surface area (Å²) in [5.41, 5.74) is 3.59. The van der Waals surface area contributed by atoms with Crippen LogP contribution in [0.3, 0.4) is 0 Å². The number of hydrogen-bond donors (Lipinski definition) is 1. The van der Waals surface area contributed by atoms with E-state index < -0.39 is 0 Å². The molecule has 4 nitrogen and oxygen atoms in total. The lowest BCUT2D eigenvalue weighted by Gasteiger charge is -2.10.